The molecule has 0 aromatic heterocycles. The molecule has 0 fully saturated rings. The van der Waals surface area contributed by atoms with E-state index in [4.69, 9.17) is 21.1 Å². The van der Waals surface area contributed by atoms with Crippen LogP contribution in [0.3, 0.4) is 0 Å². The van der Waals surface area contributed by atoms with Crippen LogP contribution in [0.15, 0.2) is 65.1 Å². The zero-order valence-corrected chi connectivity index (χ0v) is 24.4. The van der Waals surface area contributed by atoms with Crippen molar-refractivity contribution < 1.29 is 23.5 Å². The second-order valence-corrected chi connectivity index (χ2v) is 11.7. The van der Waals surface area contributed by atoms with E-state index in [1.165, 1.54) is 23.1 Å². The van der Waals surface area contributed by atoms with Crippen molar-refractivity contribution in [2.24, 2.45) is 0 Å². The Labute approximate surface area is 240 Å². The monoisotopic (exact) mass is 617 g/mol. The number of carbonyl (C=O) groups excluding carboxylic acids is 2. The number of halogens is 3. The summed E-state index contributed by atoms with van der Waals surface area (Å²) in [4.78, 5) is 27.4. The molecule has 0 spiro atoms. The summed E-state index contributed by atoms with van der Waals surface area (Å²) in [5, 5.41) is 5.95. The minimum Gasteiger partial charge on any atom is -0.457 e. The molecule has 1 aliphatic carbocycles. The van der Waals surface area contributed by atoms with E-state index in [0.717, 1.165) is 21.2 Å². The van der Waals surface area contributed by atoms with Gasteiger partial charge in [0.15, 0.2) is 0 Å². The van der Waals surface area contributed by atoms with Gasteiger partial charge in [0.2, 0.25) is 0 Å². The first-order valence-corrected chi connectivity index (χ1v) is 13.6. The summed E-state index contributed by atoms with van der Waals surface area (Å²) in [6.07, 6.45) is 0.0168. The van der Waals surface area contributed by atoms with Gasteiger partial charge in [-0.1, -0.05) is 57.9 Å². The Balaban J connectivity index is 1.47. The quantitative estimate of drug-likeness (QED) is 0.302. The lowest BCUT2D eigenvalue weighted by atomic mass is 10.1. The Morgan fingerprint density at radius 1 is 1.10 bits per heavy atom. The van der Waals surface area contributed by atoms with Gasteiger partial charge in [-0.3, -0.25) is 0 Å². The Kier molecular flexibility index (Phi) is 8.71. The van der Waals surface area contributed by atoms with E-state index in [0.29, 0.717) is 17.9 Å². The van der Waals surface area contributed by atoms with Gasteiger partial charge in [0.1, 0.15) is 22.9 Å². The summed E-state index contributed by atoms with van der Waals surface area (Å²) < 4.78 is 25.8. The number of urea groups is 1. The second kappa shape index (κ2) is 11.8. The van der Waals surface area contributed by atoms with Crippen LogP contribution >= 0.6 is 27.5 Å². The highest BCUT2D eigenvalue weighted by Crippen LogP contribution is 2.33. The van der Waals surface area contributed by atoms with Crippen molar-refractivity contribution >= 4 is 39.7 Å². The SMILES string of the molecule is CN(Cc1ccc(Br)cc1Oc1ccc(F)c(Cl)c1)C(=O)N[C@@H]1Cc2ccccc2[C@H]1NC(=O)OC(C)(C)C. The molecule has 206 valence electrons. The largest absolute Gasteiger partial charge is 0.457 e. The number of alkyl carbamates (subject to hydrolysis) is 1. The first kappa shape index (κ1) is 28.7. The number of fused-ring (bicyclic) bond motifs is 1. The molecular weight excluding hydrogens is 589 g/mol. The Hall–Kier alpha value is -3.30. The first-order chi connectivity index (χ1) is 18.4. The van der Waals surface area contributed by atoms with E-state index in [-0.39, 0.29) is 23.6 Å². The number of benzene rings is 3. The van der Waals surface area contributed by atoms with Gasteiger partial charge in [0.25, 0.3) is 0 Å². The highest BCUT2D eigenvalue weighted by Gasteiger charge is 2.36. The molecule has 0 saturated heterocycles. The topological polar surface area (TPSA) is 79.9 Å². The predicted molar refractivity (Wildman–Crippen MR) is 152 cm³/mol. The molecule has 0 aliphatic heterocycles. The molecule has 0 saturated carbocycles. The standard InChI is InChI=1S/C29H30BrClFN3O4/c1-29(2,3)39-28(37)34-26-21-8-6-5-7-17(21)13-24(26)33-27(36)35(4)16-18-9-10-19(30)14-25(18)38-20-11-12-23(32)22(31)15-20/h5-12,14-15,24,26H,13,16H2,1-4H3,(H,33,36)(H,34,37)/t24-,26-/m1/s1. The number of amides is 3. The molecule has 3 aromatic carbocycles. The summed E-state index contributed by atoms with van der Waals surface area (Å²) in [6, 6.07) is 16.2. The Morgan fingerprint density at radius 2 is 1.85 bits per heavy atom. The van der Waals surface area contributed by atoms with Gasteiger partial charge in [-0.2, -0.15) is 0 Å². The number of ether oxygens (including phenoxy) is 2. The van der Waals surface area contributed by atoms with Gasteiger partial charge in [0, 0.05) is 23.2 Å². The van der Waals surface area contributed by atoms with Crippen molar-refractivity contribution in [1.29, 1.82) is 0 Å². The predicted octanol–water partition coefficient (Wildman–Crippen LogP) is 7.37. The summed E-state index contributed by atoms with van der Waals surface area (Å²) in [5.74, 6) is 0.320. The zero-order chi connectivity index (χ0) is 28.3. The average molecular weight is 619 g/mol. The number of nitrogens with zero attached hydrogens (tertiary/aromatic N) is 1. The molecule has 2 N–H and O–H groups in total. The smallest absolute Gasteiger partial charge is 0.408 e. The molecule has 7 nitrogen and oxygen atoms in total. The van der Waals surface area contributed by atoms with Crippen LogP contribution in [0.2, 0.25) is 5.02 Å². The normalized spacial score (nSPS) is 16.3. The highest BCUT2D eigenvalue weighted by molar-refractivity contribution is 9.10. The third-order valence-electron chi connectivity index (χ3n) is 6.12. The van der Waals surface area contributed by atoms with Crippen molar-refractivity contribution in [3.8, 4) is 11.5 Å². The Morgan fingerprint density at radius 3 is 2.56 bits per heavy atom. The lowest BCUT2D eigenvalue weighted by Gasteiger charge is -2.28. The van der Waals surface area contributed by atoms with Crippen molar-refractivity contribution in [1.82, 2.24) is 15.5 Å². The molecule has 1 aliphatic rings. The molecule has 0 unspecified atom stereocenters. The van der Waals surface area contributed by atoms with E-state index in [2.05, 4.69) is 26.6 Å². The maximum atomic E-state index is 13.6. The van der Waals surface area contributed by atoms with Crippen LogP contribution in [0, 0.1) is 5.82 Å². The van der Waals surface area contributed by atoms with Crippen molar-refractivity contribution in [2.75, 3.05) is 7.05 Å². The van der Waals surface area contributed by atoms with E-state index >= 15 is 0 Å². The lowest BCUT2D eigenvalue weighted by molar-refractivity contribution is 0.0495. The Bertz CT molecular complexity index is 1380. The second-order valence-electron chi connectivity index (χ2n) is 10.4. The van der Waals surface area contributed by atoms with Crippen LogP contribution in [-0.2, 0) is 17.7 Å². The van der Waals surface area contributed by atoms with Gasteiger partial charge in [-0.15, -0.1) is 0 Å². The molecule has 39 heavy (non-hydrogen) atoms. The van der Waals surface area contributed by atoms with Crippen LogP contribution in [0.4, 0.5) is 14.0 Å². The summed E-state index contributed by atoms with van der Waals surface area (Å²) in [5.41, 5.74) is 2.07. The summed E-state index contributed by atoms with van der Waals surface area (Å²) >= 11 is 9.35. The molecule has 3 amide bonds. The van der Waals surface area contributed by atoms with Gasteiger partial charge < -0.3 is 25.0 Å². The van der Waals surface area contributed by atoms with Gasteiger partial charge >= 0.3 is 12.1 Å². The fourth-order valence-electron chi connectivity index (χ4n) is 4.36. The third kappa shape index (κ3) is 7.42. The van der Waals surface area contributed by atoms with Crippen LogP contribution < -0.4 is 15.4 Å². The number of rotatable bonds is 6. The van der Waals surface area contributed by atoms with Crippen LogP contribution in [0.25, 0.3) is 0 Å². The minimum atomic E-state index is -0.648. The fourth-order valence-corrected chi connectivity index (χ4v) is 4.87. The van der Waals surface area contributed by atoms with Gasteiger partial charge in [0.05, 0.1) is 23.7 Å². The number of carbonyl (C=O) groups is 2. The third-order valence-corrected chi connectivity index (χ3v) is 6.90. The van der Waals surface area contributed by atoms with Crippen LogP contribution in [0.1, 0.15) is 43.5 Å². The molecule has 3 aromatic rings. The lowest BCUT2D eigenvalue weighted by Crippen LogP contribution is -2.48. The van der Waals surface area contributed by atoms with Crippen molar-refractivity contribution in [3.05, 3.63) is 92.7 Å². The van der Waals surface area contributed by atoms with Crippen molar-refractivity contribution in [3.63, 3.8) is 0 Å². The highest BCUT2D eigenvalue weighted by atomic mass is 79.9. The number of hydrogen-bond donors (Lipinski definition) is 2. The van der Waals surface area contributed by atoms with Crippen LogP contribution in [-0.4, -0.2) is 35.7 Å². The number of hydrogen-bond acceptors (Lipinski definition) is 4. The van der Waals surface area contributed by atoms with E-state index in [1.807, 2.05) is 36.4 Å². The fraction of sp³-hybridized carbons (Fsp3) is 0.310. The molecule has 4 rings (SSSR count). The van der Waals surface area contributed by atoms with E-state index in [1.54, 1.807) is 33.9 Å². The van der Waals surface area contributed by atoms with E-state index in [9.17, 15) is 14.0 Å². The summed E-state index contributed by atoms with van der Waals surface area (Å²) in [6.45, 7) is 5.63. The minimum absolute atomic E-state index is 0.0485. The van der Waals surface area contributed by atoms with E-state index < -0.39 is 23.6 Å². The molecule has 10 heteroatoms. The maximum Gasteiger partial charge on any atom is 0.408 e. The van der Waals surface area contributed by atoms with Gasteiger partial charge in [-0.25, -0.2) is 14.0 Å². The molecule has 0 bridgehead atoms. The molecule has 0 heterocycles. The summed E-state index contributed by atoms with van der Waals surface area (Å²) in [7, 11) is 1.67. The first-order valence-electron chi connectivity index (χ1n) is 12.4. The van der Waals surface area contributed by atoms with Gasteiger partial charge in [-0.05, 0) is 62.6 Å². The number of nitrogens with one attached hydrogen (secondary N) is 2. The average Bonchev–Trinajstić information content (AvgIpc) is 3.18. The zero-order valence-electron chi connectivity index (χ0n) is 22.1. The maximum absolute atomic E-state index is 13.6. The molecule has 2 atom stereocenters. The molecule has 0 radical (unpaired) electrons. The van der Waals surface area contributed by atoms with Crippen molar-refractivity contribution in [2.45, 2.75) is 51.4 Å². The molecular formula is C29H30BrClFN3O4. The van der Waals surface area contributed by atoms with Crippen LogP contribution in [0.5, 0.6) is 11.5 Å².